The second-order valence-corrected chi connectivity index (χ2v) is 4.30. The minimum atomic E-state index is -0.105. The average Bonchev–Trinajstić information content (AvgIpc) is 2.65. The predicted octanol–water partition coefficient (Wildman–Crippen LogP) is 0.994. The molecule has 1 N–H and O–H groups in total. The number of halogens is 1. The van der Waals surface area contributed by atoms with Crippen LogP contribution in [0.15, 0.2) is 5.38 Å². The molecule has 1 aliphatic rings. The van der Waals surface area contributed by atoms with Crippen LogP contribution in [0.4, 0.5) is 5.13 Å². The highest BCUT2D eigenvalue weighted by molar-refractivity contribution is 7.14. The fraction of sp³-hybridized carbons (Fsp3) is 0.625. The van der Waals surface area contributed by atoms with Crippen LogP contribution in [-0.4, -0.2) is 42.5 Å². The molecular weight excluding hydrogens is 224 g/mol. The number of thiazole rings is 1. The van der Waals surface area contributed by atoms with Crippen molar-refractivity contribution in [3.05, 3.63) is 10.5 Å². The monoisotopic (exact) mass is 234 g/mol. The van der Waals surface area contributed by atoms with E-state index in [1.54, 1.807) is 5.38 Å². The highest BCUT2D eigenvalue weighted by Crippen LogP contribution is 2.24. The maximum Gasteiger partial charge on any atom is 0.186 e. The molecule has 0 aromatic carbocycles. The van der Waals surface area contributed by atoms with E-state index in [1.807, 2.05) is 0 Å². The number of ether oxygens (including phenoxy) is 1. The quantitative estimate of drug-likeness (QED) is 0.829. The van der Waals surface area contributed by atoms with Crippen LogP contribution in [0.1, 0.15) is 0 Å². The van der Waals surface area contributed by atoms with Crippen LogP contribution >= 0.6 is 22.9 Å². The fourth-order valence-electron chi connectivity index (χ4n) is 1.39. The van der Waals surface area contributed by atoms with Gasteiger partial charge in [-0.1, -0.05) is 11.6 Å². The Hall–Kier alpha value is -0.360. The van der Waals surface area contributed by atoms with Gasteiger partial charge in [-0.3, -0.25) is 0 Å². The fourth-order valence-corrected chi connectivity index (χ4v) is 2.38. The highest BCUT2D eigenvalue weighted by atomic mass is 35.5. The summed E-state index contributed by atoms with van der Waals surface area (Å²) in [6, 6.07) is 0. The van der Waals surface area contributed by atoms with E-state index in [1.165, 1.54) is 11.3 Å². The van der Waals surface area contributed by atoms with Crippen LogP contribution in [0.3, 0.4) is 0 Å². The van der Waals surface area contributed by atoms with Crippen molar-refractivity contribution in [2.24, 2.45) is 0 Å². The van der Waals surface area contributed by atoms with Crippen molar-refractivity contribution in [3.8, 4) is 0 Å². The number of aromatic nitrogens is 1. The maximum absolute atomic E-state index is 8.97. The number of aliphatic hydroxyl groups is 1. The van der Waals surface area contributed by atoms with Crippen molar-refractivity contribution >= 4 is 28.1 Å². The topological polar surface area (TPSA) is 45.6 Å². The number of anilines is 1. The van der Waals surface area contributed by atoms with E-state index in [-0.39, 0.29) is 12.7 Å². The predicted molar refractivity (Wildman–Crippen MR) is 56.2 cm³/mol. The Kier molecular flexibility index (Phi) is 3.22. The first kappa shape index (κ1) is 10.2. The molecule has 1 fully saturated rings. The number of morpholine rings is 1. The van der Waals surface area contributed by atoms with Crippen LogP contribution in [0.25, 0.3) is 0 Å². The SMILES string of the molecule is OCC1CN(c2nc(Cl)cs2)CCO1. The van der Waals surface area contributed by atoms with Gasteiger partial charge in [-0.25, -0.2) is 4.98 Å². The zero-order valence-corrected chi connectivity index (χ0v) is 9.09. The van der Waals surface area contributed by atoms with E-state index >= 15 is 0 Å². The molecule has 0 saturated carbocycles. The molecule has 0 bridgehead atoms. The van der Waals surface area contributed by atoms with Gasteiger partial charge in [0.1, 0.15) is 5.15 Å². The lowest BCUT2D eigenvalue weighted by Gasteiger charge is -2.31. The van der Waals surface area contributed by atoms with Crippen molar-refractivity contribution < 1.29 is 9.84 Å². The second-order valence-electron chi connectivity index (χ2n) is 3.07. The van der Waals surface area contributed by atoms with Gasteiger partial charge in [-0.05, 0) is 0 Å². The molecule has 1 atom stereocenters. The van der Waals surface area contributed by atoms with Gasteiger partial charge in [0.15, 0.2) is 5.13 Å². The smallest absolute Gasteiger partial charge is 0.186 e. The summed E-state index contributed by atoms with van der Waals surface area (Å²) in [5.41, 5.74) is 0. The number of hydrogen-bond donors (Lipinski definition) is 1. The van der Waals surface area contributed by atoms with Crippen LogP contribution in [0.2, 0.25) is 5.15 Å². The number of hydrogen-bond acceptors (Lipinski definition) is 5. The molecule has 0 radical (unpaired) electrons. The Bertz CT molecular complexity index is 307. The van der Waals surface area contributed by atoms with E-state index in [0.717, 1.165) is 11.7 Å². The summed E-state index contributed by atoms with van der Waals surface area (Å²) in [6.45, 7) is 2.17. The summed E-state index contributed by atoms with van der Waals surface area (Å²) >= 11 is 7.26. The molecule has 1 unspecified atom stereocenters. The molecule has 1 saturated heterocycles. The first-order valence-corrected chi connectivity index (χ1v) is 5.64. The molecule has 2 rings (SSSR count). The Morgan fingerprint density at radius 1 is 1.79 bits per heavy atom. The Morgan fingerprint density at radius 3 is 3.29 bits per heavy atom. The maximum atomic E-state index is 8.97. The van der Waals surface area contributed by atoms with E-state index in [4.69, 9.17) is 21.4 Å². The minimum absolute atomic E-state index is 0.0512. The number of aliphatic hydroxyl groups excluding tert-OH is 1. The summed E-state index contributed by atoms with van der Waals surface area (Å²) < 4.78 is 5.34. The van der Waals surface area contributed by atoms with Crippen LogP contribution in [-0.2, 0) is 4.74 Å². The van der Waals surface area contributed by atoms with Gasteiger partial charge in [0, 0.05) is 18.5 Å². The first-order valence-electron chi connectivity index (χ1n) is 4.38. The molecule has 2 heterocycles. The lowest BCUT2D eigenvalue weighted by Crippen LogP contribution is -2.44. The standard InChI is InChI=1S/C8H11ClN2O2S/c9-7-5-14-8(10-7)11-1-2-13-6(3-11)4-12/h5-6,12H,1-4H2. The molecule has 1 aromatic rings. The van der Waals surface area contributed by atoms with E-state index in [9.17, 15) is 0 Å². The Morgan fingerprint density at radius 2 is 2.64 bits per heavy atom. The van der Waals surface area contributed by atoms with Crippen LogP contribution in [0.5, 0.6) is 0 Å². The van der Waals surface area contributed by atoms with Gasteiger partial charge < -0.3 is 14.7 Å². The van der Waals surface area contributed by atoms with Crippen molar-refractivity contribution in [2.75, 3.05) is 31.2 Å². The third-order valence-electron chi connectivity index (χ3n) is 2.08. The lowest BCUT2D eigenvalue weighted by molar-refractivity contribution is 0.00356. The number of rotatable bonds is 2. The molecule has 1 aliphatic heterocycles. The summed E-state index contributed by atoms with van der Waals surface area (Å²) in [5, 5.41) is 12.2. The molecule has 0 spiro atoms. The molecule has 4 nitrogen and oxygen atoms in total. The summed E-state index contributed by atoms with van der Waals surface area (Å²) in [5.74, 6) is 0. The summed E-state index contributed by atoms with van der Waals surface area (Å²) in [4.78, 5) is 6.26. The highest BCUT2D eigenvalue weighted by Gasteiger charge is 2.21. The Labute approximate surface area is 91.1 Å². The molecule has 0 aliphatic carbocycles. The molecule has 6 heteroatoms. The normalized spacial score (nSPS) is 22.7. The van der Waals surface area contributed by atoms with Gasteiger partial charge in [-0.15, -0.1) is 11.3 Å². The lowest BCUT2D eigenvalue weighted by atomic mass is 10.3. The Balaban J connectivity index is 2.04. The average molecular weight is 235 g/mol. The van der Waals surface area contributed by atoms with Gasteiger partial charge in [0.25, 0.3) is 0 Å². The van der Waals surface area contributed by atoms with Crippen LogP contribution in [0, 0.1) is 0 Å². The first-order chi connectivity index (χ1) is 6.79. The third kappa shape index (κ3) is 2.17. The molecule has 14 heavy (non-hydrogen) atoms. The largest absolute Gasteiger partial charge is 0.394 e. The summed E-state index contributed by atoms with van der Waals surface area (Å²) in [7, 11) is 0. The van der Waals surface area contributed by atoms with Crippen molar-refractivity contribution in [2.45, 2.75) is 6.10 Å². The van der Waals surface area contributed by atoms with Gasteiger partial charge in [-0.2, -0.15) is 0 Å². The summed E-state index contributed by atoms with van der Waals surface area (Å²) in [6.07, 6.45) is -0.105. The zero-order valence-electron chi connectivity index (χ0n) is 7.52. The van der Waals surface area contributed by atoms with Crippen molar-refractivity contribution in [1.29, 1.82) is 0 Å². The van der Waals surface area contributed by atoms with Crippen molar-refractivity contribution in [3.63, 3.8) is 0 Å². The van der Waals surface area contributed by atoms with Gasteiger partial charge in [0.2, 0.25) is 0 Å². The minimum Gasteiger partial charge on any atom is -0.394 e. The van der Waals surface area contributed by atoms with E-state index < -0.39 is 0 Å². The van der Waals surface area contributed by atoms with E-state index in [0.29, 0.717) is 18.3 Å². The van der Waals surface area contributed by atoms with Crippen LogP contribution < -0.4 is 4.90 Å². The molecule has 1 aromatic heterocycles. The molecule has 0 amide bonds. The van der Waals surface area contributed by atoms with Gasteiger partial charge >= 0.3 is 0 Å². The second kappa shape index (κ2) is 4.44. The zero-order chi connectivity index (χ0) is 9.97. The van der Waals surface area contributed by atoms with Crippen molar-refractivity contribution in [1.82, 2.24) is 4.98 Å². The number of nitrogens with zero attached hydrogens (tertiary/aromatic N) is 2. The molecular formula is C8H11ClN2O2S. The third-order valence-corrected chi connectivity index (χ3v) is 3.30. The van der Waals surface area contributed by atoms with Gasteiger partial charge in [0.05, 0.1) is 19.3 Å². The van der Waals surface area contributed by atoms with E-state index in [2.05, 4.69) is 9.88 Å². The molecule has 78 valence electrons.